The van der Waals surface area contributed by atoms with E-state index in [9.17, 15) is 10.2 Å². The molecule has 0 aromatic heterocycles. The van der Waals surface area contributed by atoms with Crippen LogP contribution in [0, 0.1) is 5.92 Å². The fourth-order valence-electron chi connectivity index (χ4n) is 3.83. The molecule has 0 amide bonds. The second kappa shape index (κ2) is 8.61. The fourth-order valence-corrected chi connectivity index (χ4v) is 3.83. The van der Waals surface area contributed by atoms with Crippen LogP contribution in [0.4, 0.5) is 0 Å². The minimum absolute atomic E-state index is 0.0390. The van der Waals surface area contributed by atoms with Gasteiger partial charge in [0, 0.05) is 19.0 Å². The van der Waals surface area contributed by atoms with Crippen molar-refractivity contribution in [2.24, 2.45) is 5.92 Å². The predicted molar refractivity (Wildman–Crippen MR) is 101 cm³/mol. The molecule has 1 saturated heterocycles. The van der Waals surface area contributed by atoms with Crippen molar-refractivity contribution in [3.8, 4) is 0 Å². The van der Waals surface area contributed by atoms with Gasteiger partial charge in [0.1, 0.15) is 6.23 Å². The molecule has 2 atom stereocenters. The number of rotatable bonds is 6. The monoisotopic (exact) mass is 339 g/mol. The molecule has 0 saturated carbocycles. The molecule has 1 fully saturated rings. The average Bonchev–Trinajstić information content (AvgIpc) is 2.68. The third-order valence-electron chi connectivity index (χ3n) is 5.50. The molecule has 1 aliphatic heterocycles. The number of aliphatic hydroxyl groups is 2. The summed E-state index contributed by atoms with van der Waals surface area (Å²) >= 11 is 0. The third-order valence-corrected chi connectivity index (χ3v) is 5.50. The highest BCUT2D eigenvalue weighted by Crippen LogP contribution is 2.28. The van der Waals surface area contributed by atoms with E-state index in [2.05, 4.69) is 42.2 Å². The van der Waals surface area contributed by atoms with Crippen LogP contribution in [0.3, 0.4) is 0 Å². The molecular weight excluding hydrogens is 310 g/mol. The van der Waals surface area contributed by atoms with Gasteiger partial charge in [0.15, 0.2) is 0 Å². The van der Waals surface area contributed by atoms with E-state index >= 15 is 0 Å². The highest BCUT2D eigenvalue weighted by atomic mass is 16.3. The summed E-state index contributed by atoms with van der Waals surface area (Å²) in [6.45, 7) is 4.00. The van der Waals surface area contributed by atoms with Gasteiger partial charge in [0.05, 0.1) is 6.61 Å². The summed E-state index contributed by atoms with van der Waals surface area (Å²) in [4.78, 5) is 2.21. The Balaban J connectivity index is 1.54. The molecule has 1 aliphatic rings. The Morgan fingerprint density at radius 3 is 2.36 bits per heavy atom. The van der Waals surface area contributed by atoms with Crippen molar-refractivity contribution in [1.82, 2.24) is 4.90 Å². The van der Waals surface area contributed by atoms with E-state index in [0.29, 0.717) is 5.92 Å². The minimum Gasteiger partial charge on any atom is -0.392 e. The Kier molecular flexibility index (Phi) is 6.24. The van der Waals surface area contributed by atoms with Gasteiger partial charge >= 0.3 is 0 Å². The van der Waals surface area contributed by atoms with Crippen molar-refractivity contribution in [3.05, 3.63) is 71.3 Å². The number of hydrogen-bond donors (Lipinski definition) is 2. The third kappa shape index (κ3) is 4.69. The minimum atomic E-state index is -0.466. The van der Waals surface area contributed by atoms with Crippen LogP contribution in [0.25, 0.3) is 0 Å². The van der Waals surface area contributed by atoms with Crippen molar-refractivity contribution in [2.75, 3.05) is 13.1 Å². The van der Waals surface area contributed by atoms with Gasteiger partial charge in [-0.3, -0.25) is 4.90 Å². The molecule has 25 heavy (non-hydrogen) atoms. The maximum atomic E-state index is 10.8. The first-order valence-corrected chi connectivity index (χ1v) is 9.33. The van der Waals surface area contributed by atoms with Gasteiger partial charge in [0.25, 0.3) is 0 Å². The SMILES string of the molecule is CC(c1cccc(CO)c1)C(O)N1CCC(Cc2ccccc2)CC1. The van der Waals surface area contributed by atoms with Crippen LogP contribution in [0.15, 0.2) is 54.6 Å². The van der Waals surface area contributed by atoms with Crippen molar-refractivity contribution in [3.63, 3.8) is 0 Å². The molecule has 3 nitrogen and oxygen atoms in total. The molecule has 1 heterocycles. The summed E-state index contributed by atoms with van der Waals surface area (Å²) in [7, 11) is 0. The Morgan fingerprint density at radius 2 is 1.68 bits per heavy atom. The Labute approximate surface area is 150 Å². The van der Waals surface area contributed by atoms with E-state index in [1.807, 2.05) is 24.3 Å². The summed E-state index contributed by atoms with van der Waals surface area (Å²) in [5.41, 5.74) is 3.40. The number of piperidine rings is 1. The highest BCUT2D eigenvalue weighted by Gasteiger charge is 2.28. The Hall–Kier alpha value is -1.68. The van der Waals surface area contributed by atoms with E-state index in [1.54, 1.807) is 0 Å². The van der Waals surface area contributed by atoms with Gasteiger partial charge < -0.3 is 10.2 Å². The summed E-state index contributed by atoms with van der Waals surface area (Å²) in [6, 6.07) is 18.6. The van der Waals surface area contributed by atoms with E-state index in [4.69, 9.17) is 0 Å². The lowest BCUT2D eigenvalue weighted by atomic mass is 9.89. The number of hydrogen-bond acceptors (Lipinski definition) is 3. The normalized spacial score (nSPS) is 18.8. The van der Waals surface area contributed by atoms with Gasteiger partial charge in [-0.05, 0) is 41.9 Å². The molecular formula is C22H29NO2. The fraction of sp³-hybridized carbons (Fsp3) is 0.455. The van der Waals surface area contributed by atoms with Crippen molar-refractivity contribution in [1.29, 1.82) is 0 Å². The second-order valence-electron chi connectivity index (χ2n) is 7.27. The first-order valence-electron chi connectivity index (χ1n) is 9.33. The standard InChI is InChI=1S/C22H29NO2/c1-17(21-9-5-8-20(15-21)16-24)22(25)23-12-10-19(11-13-23)14-18-6-3-2-4-7-18/h2-9,15,17,19,22,24-25H,10-14,16H2,1H3. The molecule has 0 spiro atoms. The summed E-state index contributed by atoms with van der Waals surface area (Å²) in [6.07, 6.45) is 2.94. The molecule has 3 rings (SSSR count). The van der Waals surface area contributed by atoms with Gasteiger partial charge in [-0.2, -0.15) is 0 Å². The molecule has 2 aromatic rings. The van der Waals surface area contributed by atoms with Crippen molar-refractivity contribution >= 4 is 0 Å². The zero-order valence-corrected chi connectivity index (χ0v) is 15.0. The molecule has 2 N–H and O–H groups in total. The quantitative estimate of drug-likeness (QED) is 0.846. The molecule has 2 aromatic carbocycles. The largest absolute Gasteiger partial charge is 0.392 e. The maximum absolute atomic E-state index is 10.8. The number of likely N-dealkylation sites (tertiary alicyclic amines) is 1. The molecule has 3 heteroatoms. The lowest BCUT2D eigenvalue weighted by Crippen LogP contribution is -2.44. The van der Waals surface area contributed by atoms with Crippen LogP contribution in [0.2, 0.25) is 0 Å². The highest BCUT2D eigenvalue weighted by molar-refractivity contribution is 5.26. The molecule has 0 bridgehead atoms. The van der Waals surface area contributed by atoms with E-state index in [-0.39, 0.29) is 12.5 Å². The van der Waals surface area contributed by atoms with E-state index < -0.39 is 6.23 Å². The van der Waals surface area contributed by atoms with Crippen LogP contribution < -0.4 is 0 Å². The second-order valence-corrected chi connectivity index (χ2v) is 7.27. The summed E-state index contributed by atoms with van der Waals surface area (Å²) < 4.78 is 0. The van der Waals surface area contributed by atoms with Crippen LogP contribution in [-0.4, -0.2) is 34.4 Å². The van der Waals surface area contributed by atoms with Crippen molar-refractivity contribution in [2.45, 2.75) is 44.9 Å². The topological polar surface area (TPSA) is 43.7 Å². The van der Waals surface area contributed by atoms with E-state index in [0.717, 1.165) is 43.5 Å². The molecule has 134 valence electrons. The average molecular weight is 339 g/mol. The number of nitrogens with zero attached hydrogens (tertiary/aromatic N) is 1. The molecule has 0 radical (unpaired) electrons. The first kappa shape index (κ1) is 18.1. The number of benzene rings is 2. The van der Waals surface area contributed by atoms with Crippen LogP contribution >= 0.6 is 0 Å². The zero-order chi connectivity index (χ0) is 17.6. The predicted octanol–water partition coefficient (Wildman–Crippen LogP) is 3.56. The van der Waals surface area contributed by atoms with Crippen LogP contribution in [0.5, 0.6) is 0 Å². The van der Waals surface area contributed by atoms with Gasteiger partial charge in [0.2, 0.25) is 0 Å². The number of aliphatic hydroxyl groups excluding tert-OH is 2. The van der Waals surface area contributed by atoms with Crippen LogP contribution in [0.1, 0.15) is 42.4 Å². The summed E-state index contributed by atoms with van der Waals surface area (Å²) in [5.74, 6) is 0.746. The zero-order valence-electron chi connectivity index (χ0n) is 15.0. The first-order chi connectivity index (χ1) is 12.2. The van der Waals surface area contributed by atoms with E-state index in [1.165, 1.54) is 5.56 Å². The lowest BCUT2D eigenvalue weighted by Gasteiger charge is -2.37. The smallest absolute Gasteiger partial charge is 0.114 e. The Morgan fingerprint density at radius 1 is 1.00 bits per heavy atom. The van der Waals surface area contributed by atoms with Gasteiger partial charge in [-0.1, -0.05) is 61.5 Å². The lowest BCUT2D eigenvalue weighted by molar-refractivity contribution is -0.0313. The van der Waals surface area contributed by atoms with Crippen molar-refractivity contribution < 1.29 is 10.2 Å². The maximum Gasteiger partial charge on any atom is 0.114 e. The Bertz CT molecular complexity index is 650. The van der Waals surface area contributed by atoms with Gasteiger partial charge in [-0.15, -0.1) is 0 Å². The molecule has 0 aliphatic carbocycles. The van der Waals surface area contributed by atoms with Gasteiger partial charge in [-0.25, -0.2) is 0 Å². The molecule has 2 unspecified atom stereocenters. The van der Waals surface area contributed by atoms with Crippen LogP contribution in [-0.2, 0) is 13.0 Å². The summed E-state index contributed by atoms with van der Waals surface area (Å²) in [5, 5.41) is 20.1.